The molecule has 1 amide bonds. The fraction of sp³-hybridized carbons (Fsp3) is 0.429. The number of amides is 1. The molecule has 1 aromatic rings. The summed E-state index contributed by atoms with van der Waals surface area (Å²) in [5.74, 6) is 0.977. The summed E-state index contributed by atoms with van der Waals surface area (Å²) < 4.78 is 9.74. The Kier molecular flexibility index (Phi) is 4.89. The number of nitrogens with zero attached hydrogens (tertiary/aromatic N) is 1. The molecule has 0 aromatic heterocycles. The van der Waals surface area contributed by atoms with Gasteiger partial charge in [-0.3, -0.25) is 9.59 Å². The van der Waals surface area contributed by atoms with Gasteiger partial charge in [0.15, 0.2) is 0 Å². The smallest absolute Gasteiger partial charge is 0.307 e. The summed E-state index contributed by atoms with van der Waals surface area (Å²) in [5.41, 5.74) is 1.03. The molecule has 20 heavy (non-hydrogen) atoms. The average molecular weight is 295 g/mol. The van der Waals surface area contributed by atoms with Gasteiger partial charge in [0.05, 0.1) is 26.4 Å². The molecule has 1 fully saturated rings. The van der Waals surface area contributed by atoms with E-state index in [0.717, 1.165) is 11.3 Å². The Morgan fingerprint density at radius 3 is 2.65 bits per heavy atom. The molecular formula is C14H17NO4S. The van der Waals surface area contributed by atoms with Crippen LogP contribution in [-0.4, -0.2) is 43.3 Å². The number of hydrogen-bond donors (Lipinski definition) is 0. The van der Waals surface area contributed by atoms with Crippen LogP contribution in [0.4, 0.5) is 0 Å². The molecule has 1 unspecified atom stereocenters. The lowest BCUT2D eigenvalue weighted by Crippen LogP contribution is -2.30. The van der Waals surface area contributed by atoms with Crippen LogP contribution in [0.25, 0.3) is 0 Å². The standard InChI is InChI=1S/C14H17NO4S/c1-18-11-5-3-10(4-6-11)14-15(12(16)9-20-14)8-7-13(17)19-2/h3-6,14H,7-9H2,1-2H3. The summed E-state index contributed by atoms with van der Waals surface area (Å²) in [6.07, 6.45) is 0.218. The molecule has 2 rings (SSSR count). The third-order valence-electron chi connectivity index (χ3n) is 3.15. The van der Waals surface area contributed by atoms with E-state index in [4.69, 9.17) is 4.74 Å². The Morgan fingerprint density at radius 1 is 1.35 bits per heavy atom. The van der Waals surface area contributed by atoms with Gasteiger partial charge in [-0.1, -0.05) is 12.1 Å². The normalized spacial score (nSPS) is 18.2. The molecule has 108 valence electrons. The summed E-state index contributed by atoms with van der Waals surface area (Å²) in [5, 5.41) is -0.0435. The van der Waals surface area contributed by atoms with E-state index in [-0.39, 0.29) is 23.7 Å². The molecule has 0 N–H and O–H groups in total. The van der Waals surface area contributed by atoms with Crippen molar-refractivity contribution in [3.63, 3.8) is 0 Å². The second-order valence-electron chi connectivity index (χ2n) is 4.35. The van der Waals surface area contributed by atoms with Crippen molar-refractivity contribution < 1.29 is 19.1 Å². The van der Waals surface area contributed by atoms with E-state index in [2.05, 4.69) is 4.74 Å². The molecule has 5 nitrogen and oxygen atoms in total. The van der Waals surface area contributed by atoms with Crippen molar-refractivity contribution >= 4 is 23.6 Å². The molecule has 1 aliphatic heterocycles. The lowest BCUT2D eigenvalue weighted by Gasteiger charge is -2.23. The van der Waals surface area contributed by atoms with Crippen molar-refractivity contribution in [2.75, 3.05) is 26.5 Å². The van der Waals surface area contributed by atoms with E-state index >= 15 is 0 Å². The number of thioether (sulfide) groups is 1. The number of carbonyl (C=O) groups excluding carboxylic acids is 2. The van der Waals surface area contributed by atoms with Crippen LogP contribution >= 0.6 is 11.8 Å². The molecule has 0 radical (unpaired) electrons. The van der Waals surface area contributed by atoms with E-state index in [9.17, 15) is 9.59 Å². The third-order valence-corrected chi connectivity index (χ3v) is 4.41. The van der Waals surface area contributed by atoms with Crippen molar-refractivity contribution in [1.29, 1.82) is 0 Å². The Morgan fingerprint density at radius 2 is 2.05 bits per heavy atom. The topological polar surface area (TPSA) is 55.8 Å². The van der Waals surface area contributed by atoms with E-state index in [0.29, 0.717) is 12.3 Å². The first-order valence-electron chi connectivity index (χ1n) is 6.27. The van der Waals surface area contributed by atoms with Crippen LogP contribution in [-0.2, 0) is 14.3 Å². The molecular weight excluding hydrogens is 278 g/mol. The molecule has 0 spiro atoms. The number of methoxy groups -OCH3 is 2. The van der Waals surface area contributed by atoms with Gasteiger partial charge in [-0.15, -0.1) is 11.8 Å². The maximum Gasteiger partial charge on any atom is 0.307 e. The minimum Gasteiger partial charge on any atom is -0.497 e. The Bertz CT molecular complexity index is 488. The van der Waals surface area contributed by atoms with E-state index < -0.39 is 0 Å². The fourth-order valence-corrected chi connectivity index (χ4v) is 3.27. The van der Waals surface area contributed by atoms with Gasteiger partial charge in [-0.25, -0.2) is 0 Å². The zero-order chi connectivity index (χ0) is 14.5. The van der Waals surface area contributed by atoms with Gasteiger partial charge in [0.1, 0.15) is 11.1 Å². The van der Waals surface area contributed by atoms with Gasteiger partial charge in [-0.2, -0.15) is 0 Å². The summed E-state index contributed by atoms with van der Waals surface area (Å²) in [6.45, 7) is 0.384. The Hall–Kier alpha value is -1.69. The van der Waals surface area contributed by atoms with Crippen LogP contribution in [0.3, 0.4) is 0 Å². The highest BCUT2D eigenvalue weighted by atomic mass is 32.2. The fourth-order valence-electron chi connectivity index (χ4n) is 2.05. The van der Waals surface area contributed by atoms with Gasteiger partial charge in [-0.05, 0) is 17.7 Å². The number of benzene rings is 1. The molecule has 1 heterocycles. The van der Waals surface area contributed by atoms with Crippen LogP contribution in [0.1, 0.15) is 17.4 Å². The van der Waals surface area contributed by atoms with Crippen molar-refractivity contribution in [1.82, 2.24) is 4.90 Å². The Labute approximate surface area is 122 Å². The SMILES string of the molecule is COC(=O)CCN1C(=O)CSC1c1ccc(OC)cc1. The van der Waals surface area contributed by atoms with Gasteiger partial charge in [0, 0.05) is 6.54 Å². The minimum atomic E-state index is -0.303. The van der Waals surface area contributed by atoms with Gasteiger partial charge < -0.3 is 14.4 Å². The highest BCUT2D eigenvalue weighted by Gasteiger charge is 2.32. The number of carbonyl (C=O) groups is 2. The largest absolute Gasteiger partial charge is 0.497 e. The number of esters is 1. The zero-order valence-electron chi connectivity index (χ0n) is 11.5. The second-order valence-corrected chi connectivity index (χ2v) is 5.42. The summed E-state index contributed by atoms with van der Waals surface area (Å²) in [6, 6.07) is 7.63. The predicted molar refractivity (Wildman–Crippen MR) is 76.5 cm³/mol. The first kappa shape index (κ1) is 14.7. The zero-order valence-corrected chi connectivity index (χ0v) is 12.3. The van der Waals surface area contributed by atoms with Crippen LogP contribution in [0.5, 0.6) is 5.75 Å². The lowest BCUT2D eigenvalue weighted by atomic mass is 10.2. The quantitative estimate of drug-likeness (QED) is 0.776. The highest BCUT2D eigenvalue weighted by Crippen LogP contribution is 2.39. The van der Waals surface area contributed by atoms with Crippen molar-refractivity contribution in [2.24, 2.45) is 0 Å². The molecule has 1 atom stereocenters. The lowest BCUT2D eigenvalue weighted by molar-refractivity contribution is -0.141. The molecule has 0 aliphatic carbocycles. The molecule has 0 saturated carbocycles. The van der Waals surface area contributed by atoms with Crippen molar-refractivity contribution in [3.05, 3.63) is 29.8 Å². The van der Waals surface area contributed by atoms with E-state index in [1.165, 1.54) is 7.11 Å². The third kappa shape index (κ3) is 3.25. The van der Waals surface area contributed by atoms with Crippen LogP contribution in [0.15, 0.2) is 24.3 Å². The maximum absolute atomic E-state index is 11.9. The molecule has 6 heteroatoms. The molecule has 1 saturated heterocycles. The first-order valence-corrected chi connectivity index (χ1v) is 7.32. The maximum atomic E-state index is 11.9. The van der Waals surface area contributed by atoms with Crippen LogP contribution in [0.2, 0.25) is 0 Å². The van der Waals surface area contributed by atoms with Gasteiger partial charge >= 0.3 is 5.97 Å². The van der Waals surface area contributed by atoms with E-state index in [1.54, 1.807) is 23.8 Å². The summed E-state index contributed by atoms with van der Waals surface area (Å²) >= 11 is 1.57. The highest BCUT2D eigenvalue weighted by molar-refractivity contribution is 8.00. The summed E-state index contributed by atoms with van der Waals surface area (Å²) in [7, 11) is 2.97. The molecule has 1 aliphatic rings. The first-order chi connectivity index (χ1) is 9.65. The van der Waals surface area contributed by atoms with Gasteiger partial charge in [0.2, 0.25) is 5.91 Å². The van der Waals surface area contributed by atoms with Crippen LogP contribution < -0.4 is 4.74 Å². The summed E-state index contributed by atoms with van der Waals surface area (Å²) in [4.78, 5) is 24.9. The van der Waals surface area contributed by atoms with Crippen LogP contribution in [0, 0.1) is 0 Å². The van der Waals surface area contributed by atoms with Crippen molar-refractivity contribution in [2.45, 2.75) is 11.8 Å². The Balaban J connectivity index is 2.08. The number of hydrogen-bond acceptors (Lipinski definition) is 5. The predicted octanol–water partition coefficient (Wildman–Crippen LogP) is 1.83. The van der Waals surface area contributed by atoms with Gasteiger partial charge in [0.25, 0.3) is 0 Å². The molecule has 0 bridgehead atoms. The second kappa shape index (κ2) is 6.65. The van der Waals surface area contributed by atoms with E-state index in [1.807, 2.05) is 24.3 Å². The molecule has 1 aromatic carbocycles. The number of rotatable bonds is 5. The average Bonchev–Trinajstić information content (AvgIpc) is 2.86. The monoisotopic (exact) mass is 295 g/mol. The van der Waals surface area contributed by atoms with Crippen molar-refractivity contribution in [3.8, 4) is 5.75 Å². The minimum absolute atomic E-state index is 0.0435. The number of ether oxygens (including phenoxy) is 2.